The summed E-state index contributed by atoms with van der Waals surface area (Å²) in [4.78, 5) is 72.7. The molecule has 2 amide bonds. The van der Waals surface area contributed by atoms with Gasteiger partial charge in [0.15, 0.2) is 40.7 Å². The van der Waals surface area contributed by atoms with Crippen molar-refractivity contribution in [1.82, 2.24) is 20.6 Å². The molecule has 4 aliphatic rings. The first-order chi connectivity index (χ1) is 33.9. The van der Waals surface area contributed by atoms with Crippen molar-refractivity contribution in [2.24, 2.45) is 53.3 Å². The van der Waals surface area contributed by atoms with Crippen molar-refractivity contribution in [3.8, 4) is 23.0 Å². The van der Waals surface area contributed by atoms with E-state index in [1.807, 2.05) is 13.8 Å². The number of carbonyl (C=O) groups excluding carboxylic acids is 5. The van der Waals surface area contributed by atoms with E-state index >= 15 is 0 Å². The highest BCUT2D eigenvalue weighted by Crippen LogP contribution is 2.42. The Kier molecular flexibility index (Phi) is 22.2. The molecule has 0 bridgehead atoms. The Morgan fingerprint density at radius 3 is 1.51 bits per heavy atom. The zero-order valence-electron chi connectivity index (χ0n) is 43.9. The average Bonchev–Trinajstić information content (AvgIpc) is 4.08. The zero-order chi connectivity index (χ0) is 51.8. The van der Waals surface area contributed by atoms with Crippen molar-refractivity contribution in [1.29, 1.82) is 0 Å². The number of carbonyl (C=O) groups is 5. The van der Waals surface area contributed by atoms with Crippen LogP contribution in [0.3, 0.4) is 0 Å². The minimum Gasteiger partial charge on any atom is -0.503 e. The number of methoxy groups -OCH3 is 2. The lowest BCUT2D eigenvalue weighted by Crippen LogP contribution is -2.46. The van der Waals surface area contributed by atoms with Crippen LogP contribution in [-0.4, -0.2) is 110 Å². The molecular weight excluding hydrogens is 913 g/mol. The number of hydrogen-bond donors (Lipinski definition) is 3. The van der Waals surface area contributed by atoms with Crippen molar-refractivity contribution >= 4 is 29.7 Å². The molecular formula is C54H82N4O13. The highest BCUT2D eigenvalue weighted by Gasteiger charge is 2.42. The Morgan fingerprint density at radius 2 is 1.08 bits per heavy atom. The Hall–Kier alpha value is -5.03. The van der Waals surface area contributed by atoms with Gasteiger partial charge in [-0.05, 0) is 62.2 Å². The van der Waals surface area contributed by atoms with Crippen molar-refractivity contribution in [3.63, 3.8) is 0 Å². The second kappa shape index (κ2) is 27.7. The van der Waals surface area contributed by atoms with Gasteiger partial charge in [0.05, 0.1) is 33.4 Å². The van der Waals surface area contributed by atoms with Crippen LogP contribution in [0.4, 0.5) is 0 Å². The number of nitrogens with zero attached hydrogens (tertiary/aromatic N) is 2. The van der Waals surface area contributed by atoms with Crippen molar-refractivity contribution in [3.05, 3.63) is 35.9 Å². The van der Waals surface area contributed by atoms with Gasteiger partial charge >= 0.3 is 17.9 Å². The molecule has 396 valence electrons. The first-order valence-corrected chi connectivity index (χ1v) is 26.1. The summed E-state index contributed by atoms with van der Waals surface area (Å²) in [6.45, 7) is 17.2. The number of nitrogens with one attached hydrogen (secondary N) is 2. The Balaban J connectivity index is 0.000000267. The monoisotopic (exact) mass is 995 g/mol. The summed E-state index contributed by atoms with van der Waals surface area (Å²) in [6.07, 6.45) is 15.8. The van der Waals surface area contributed by atoms with Crippen LogP contribution >= 0.6 is 0 Å². The number of rotatable bonds is 16. The van der Waals surface area contributed by atoms with Crippen LogP contribution in [-0.2, 0) is 33.3 Å². The van der Waals surface area contributed by atoms with Crippen LogP contribution in [0, 0.1) is 53.3 Å². The molecule has 8 atom stereocenters. The number of ether oxygens (including phenoxy) is 7. The number of esters is 3. The highest BCUT2D eigenvalue weighted by atomic mass is 16.6. The summed E-state index contributed by atoms with van der Waals surface area (Å²) in [5, 5.41) is 15.6. The SMILES string of the molecule is COc1ccnc(C(=O)N[C@H]2COC[C@H](CCC(C)C)[C@@H](C3CCCC3)[C@H](C)OC2=O)c1O.COc1ccnc(C(=O)N[C@H]2COC[C@H](CCC(C)C)[C@@H](C3CCCC3)[C@H](C)OC2=O)c1OC(=O)C(C)C. The summed E-state index contributed by atoms with van der Waals surface area (Å²) in [5.41, 5.74) is -0.369. The predicted molar refractivity (Wildman–Crippen MR) is 265 cm³/mol. The van der Waals surface area contributed by atoms with Gasteiger partial charge in [-0.25, -0.2) is 19.6 Å². The van der Waals surface area contributed by atoms with Crippen molar-refractivity contribution in [2.45, 2.75) is 157 Å². The van der Waals surface area contributed by atoms with E-state index in [1.165, 1.54) is 64.4 Å². The van der Waals surface area contributed by atoms with E-state index in [0.717, 1.165) is 51.4 Å². The molecule has 4 fully saturated rings. The maximum absolute atomic E-state index is 13.3. The summed E-state index contributed by atoms with van der Waals surface area (Å²) in [6, 6.07) is 0.935. The smallest absolute Gasteiger partial charge is 0.331 e. The topological polar surface area (TPSA) is 220 Å². The van der Waals surface area contributed by atoms with E-state index in [-0.39, 0.29) is 77.6 Å². The van der Waals surface area contributed by atoms with Crippen LogP contribution in [0.15, 0.2) is 24.5 Å². The Morgan fingerprint density at radius 1 is 0.662 bits per heavy atom. The van der Waals surface area contributed by atoms with Crippen LogP contribution in [0.1, 0.15) is 153 Å². The van der Waals surface area contributed by atoms with Gasteiger partial charge in [0.2, 0.25) is 5.75 Å². The molecule has 2 saturated heterocycles. The summed E-state index contributed by atoms with van der Waals surface area (Å²) in [5.74, 6) is -0.300. The number of aromatic nitrogens is 2. The normalized spacial score (nSPS) is 25.8. The Labute approximate surface area is 420 Å². The van der Waals surface area contributed by atoms with Gasteiger partial charge in [-0.3, -0.25) is 14.4 Å². The lowest BCUT2D eigenvalue weighted by atomic mass is 9.75. The van der Waals surface area contributed by atoms with Crippen LogP contribution < -0.4 is 24.8 Å². The molecule has 17 heteroatoms. The molecule has 17 nitrogen and oxygen atoms in total. The second-order valence-corrected chi connectivity index (χ2v) is 21.1. The van der Waals surface area contributed by atoms with Gasteiger partial charge < -0.3 is 48.9 Å². The number of cyclic esters (lactones) is 2. The quantitative estimate of drug-likeness (QED) is 0.135. The van der Waals surface area contributed by atoms with Gasteiger partial charge in [-0.1, -0.05) is 106 Å². The van der Waals surface area contributed by atoms with E-state index in [1.54, 1.807) is 13.8 Å². The molecule has 2 saturated carbocycles. The third-order valence-corrected chi connectivity index (χ3v) is 14.6. The maximum Gasteiger partial charge on any atom is 0.331 e. The molecule has 3 N–H and O–H groups in total. The molecule has 0 unspecified atom stereocenters. The molecule has 0 aromatic carbocycles. The zero-order valence-corrected chi connectivity index (χ0v) is 43.9. The second-order valence-electron chi connectivity index (χ2n) is 21.1. The highest BCUT2D eigenvalue weighted by molar-refractivity contribution is 5.99. The molecule has 0 radical (unpaired) electrons. The minimum absolute atomic E-state index is 0.0115. The fourth-order valence-electron chi connectivity index (χ4n) is 10.8. The molecule has 0 spiro atoms. The molecule has 71 heavy (non-hydrogen) atoms. The van der Waals surface area contributed by atoms with Crippen LogP contribution in [0.5, 0.6) is 23.0 Å². The average molecular weight is 995 g/mol. The predicted octanol–water partition coefficient (Wildman–Crippen LogP) is 8.29. The molecule has 4 heterocycles. The fourth-order valence-corrected chi connectivity index (χ4v) is 10.8. The van der Waals surface area contributed by atoms with Crippen LogP contribution in [0.25, 0.3) is 0 Å². The summed E-state index contributed by atoms with van der Waals surface area (Å²) >= 11 is 0. The number of amides is 2. The minimum atomic E-state index is -1.03. The largest absolute Gasteiger partial charge is 0.503 e. The van der Waals surface area contributed by atoms with E-state index < -0.39 is 47.7 Å². The molecule has 2 aliphatic heterocycles. The number of aromatic hydroxyl groups is 1. The van der Waals surface area contributed by atoms with E-state index in [9.17, 15) is 29.1 Å². The first-order valence-electron chi connectivity index (χ1n) is 26.1. The van der Waals surface area contributed by atoms with Crippen LogP contribution in [0.2, 0.25) is 0 Å². The number of hydrogen-bond acceptors (Lipinski definition) is 15. The molecule has 6 rings (SSSR count). The fraction of sp³-hybridized carbons (Fsp3) is 0.722. The lowest BCUT2D eigenvalue weighted by molar-refractivity contribution is -0.156. The van der Waals surface area contributed by atoms with Gasteiger partial charge in [0.1, 0.15) is 12.2 Å². The first kappa shape index (κ1) is 56.9. The molecule has 2 aromatic rings. The summed E-state index contributed by atoms with van der Waals surface area (Å²) in [7, 11) is 2.79. The van der Waals surface area contributed by atoms with E-state index in [2.05, 4.69) is 48.3 Å². The van der Waals surface area contributed by atoms with Gasteiger partial charge in [-0.15, -0.1) is 0 Å². The number of pyridine rings is 2. The lowest BCUT2D eigenvalue weighted by Gasteiger charge is -2.35. The van der Waals surface area contributed by atoms with Crippen molar-refractivity contribution in [2.75, 3.05) is 40.6 Å². The maximum atomic E-state index is 13.3. The third kappa shape index (κ3) is 16.0. The van der Waals surface area contributed by atoms with E-state index in [4.69, 9.17) is 33.2 Å². The van der Waals surface area contributed by atoms with Gasteiger partial charge in [-0.2, -0.15) is 0 Å². The summed E-state index contributed by atoms with van der Waals surface area (Å²) < 4.78 is 39.8. The Bertz CT molecular complexity index is 2050. The van der Waals surface area contributed by atoms with Gasteiger partial charge in [0.25, 0.3) is 11.8 Å². The third-order valence-electron chi connectivity index (χ3n) is 14.6. The molecule has 2 aromatic heterocycles. The van der Waals surface area contributed by atoms with E-state index in [0.29, 0.717) is 42.8 Å². The van der Waals surface area contributed by atoms with Crippen molar-refractivity contribution < 1.29 is 62.2 Å². The standard InChI is InChI=1S/C29H44N2O7.C25H38N2O6/c1-17(2)11-12-21-15-36-16-22(29(34)37-19(5)24(21)20-9-7-8-10-20)31-27(32)25-26(38-28(33)18(3)4)23(35-6)13-14-30-25;1-15(2)9-10-18-13-32-14-19(25(30)33-16(3)21(18)17-7-5-6-8-17)27-24(29)22-23(28)20(31-4)11-12-26-22/h13-14,17-22,24H,7-12,15-16H2,1-6H3,(H,31,32);11-12,15-19,21,28H,5-10,13-14H2,1-4H3,(H,27,29)/t19-,21-,22-,24+;16-,18-,19-,21+/m00/s1. The molecule has 2 aliphatic carbocycles. The van der Waals surface area contributed by atoms with Gasteiger partial charge in [0, 0.05) is 49.6 Å².